The maximum absolute atomic E-state index is 9.94. The van der Waals surface area contributed by atoms with Gasteiger partial charge in [-0.05, 0) is 45.4 Å². The largest absolute Gasteiger partial charge is 0.375 e. The van der Waals surface area contributed by atoms with Crippen LogP contribution in [-0.2, 0) is 4.79 Å². The number of nitrogens with two attached hydrogens (primary N) is 1. The Morgan fingerprint density at radius 1 is 1.43 bits per heavy atom. The van der Waals surface area contributed by atoms with Gasteiger partial charge in [0.2, 0.25) is 6.41 Å². The van der Waals surface area contributed by atoms with E-state index in [1.54, 1.807) is 6.20 Å². The van der Waals surface area contributed by atoms with Crippen LogP contribution in [0, 0.1) is 0 Å². The molecule has 0 bridgehead atoms. The van der Waals surface area contributed by atoms with E-state index in [4.69, 9.17) is 5.73 Å². The topological polar surface area (TPSA) is 80.0 Å². The van der Waals surface area contributed by atoms with Crippen molar-refractivity contribution in [2.45, 2.75) is 32.7 Å². The van der Waals surface area contributed by atoms with Gasteiger partial charge in [-0.3, -0.25) is 4.79 Å². The summed E-state index contributed by atoms with van der Waals surface area (Å²) < 4.78 is 0. The van der Waals surface area contributed by atoms with Crippen molar-refractivity contribution in [1.29, 1.82) is 0 Å². The Morgan fingerprint density at radius 3 is 2.52 bits per heavy atom. The van der Waals surface area contributed by atoms with Gasteiger partial charge in [-0.1, -0.05) is 29.6 Å². The molecule has 0 unspecified atom stereocenters. The van der Waals surface area contributed by atoms with Crippen LogP contribution < -0.4 is 16.4 Å². The number of nitrogens with one attached hydrogen (secondary N) is 2. The summed E-state index contributed by atoms with van der Waals surface area (Å²) in [6.07, 6.45) is 10.8. The Bertz CT molecular complexity index is 483. The molecule has 0 spiro atoms. The molecule has 0 atom stereocenters. The number of allylic oxidation sites excluding steroid dienone is 4. The van der Waals surface area contributed by atoms with Crippen molar-refractivity contribution in [2.75, 3.05) is 18.8 Å². The first-order valence-corrected chi connectivity index (χ1v) is 9.74. The molecule has 130 valence electrons. The zero-order valence-electron chi connectivity index (χ0n) is 13.5. The van der Waals surface area contributed by atoms with Crippen LogP contribution in [-0.4, -0.2) is 30.5 Å². The minimum Gasteiger partial charge on any atom is -0.375 e. The molecule has 1 aromatic heterocycles. The number of rotatable bonds is 4. The number of amides is 1. The predicted molar refractivity (Wildman–Crippen MR) is 108 cm³/mol. The lowest BCUT2D eigenvalue weighted by Gasteiger charge is -2.21. The first-order chi connectivity index (χ1) is 11.2. The molecule has 1 amide bonds. The van der Waals surface area contributed by atoms with Crippen LogP contribution >= 0.6 is 34.7 Å². The minimum atomic E-state index is 0.420. The van der Waals surface area contributed by atoms with Gasteiger partial charge < -0.3 is 16.4 Å². The molecule has 0 aromatic carbocycles. The number of carbonyl (C=O) groups excluding carboxylic acids is 1. The van der Waals surface area contributed by atoms with E-state index in [-0.39, 0.29) is 0 Å². The maximum Gasteiger partial charge on any atom is 0.207 e. The van der Waals surface area contributed by atoms with E-state index in [0.29, 0.717) is 11.2 Å². The average Bonchev–Trinajstić information content (AvgIpc) is 3.02. The monoisotopic (exact) mass is 374 g/mol. The summed E-state index contributed by atoms with van der Waals surface area (Å²) in [6, 6.07) is 0.420. The molecule has 1 fully saturated rings. The SMILES string of the molecule is C/C=C\C(=C/C)c1cnc(N)s1.O=CNC1CCNCC1.SS. The lowest BCUT2D eigenvalue weighted by Crippen LogP contribution is -2.39. The quantitative estimate of drug-likeness (QED) is 0.243. The molecule has 4 N–H and O–H groups in total. The van der Waals surface area contributed by atoms with Gasteiger partial charge >= 0.3 is 0 Å². The van der Waals surface area contributed by atoms with Gasteiger partial charge in [-0.25, -0.2) is 4.98 Å². The van der Waals surface area contributed by atoms with Gasteiger partial charge in [0.05, 0.1) is 4.88 Å². The van der Waals surface area contributed by atoms with E-state index in [0.717, 1.165) is 37.2 Å². The van der Waals surface area contributed by atoms with E-state index < -0.39 is 0 Å². The van der Waals surface area contributed by atoms with Crippen LogP contribution in [0.3, 0.4) is 0 Å². The van der Waals surface area contributed by atoms with E-state index in [1.165, 1.54) is 16.9 Å². The first kappa shape index (κ1) is 22.0. The number of anilines is 1. The molecule has 5 nitrogen and oxygen atoms in total. The predicted octanol–water partition coefficient (Wildman–Crippen LogP) is 2.95. The number of nitrogens with zero attached hydrogens (tertiary/aromatic N) is 1. The number of hydrogen-bond donors (Lipinski definition) is 5. The third-order valence-corrected chi connectivity index (χ3v) is 3.98. The lowest BCUT2D eigenvalue weighted by molar-refractivity contribution is -0.110. The second-order valence-corrected chi connectivity index (χ2v) is 5.68. The van der Waals surface area contributed by atoms with Crippen LogP contribution in [0.25, 0.3) is 5.57 Å². The zero-order chi connectivity index (χ0) is 17.5. The molecule has 0 saturated carbocycles. The molecule has 1 aromatic rings. The second-order valence-electron chi connectivity index (χ2n) is 4.62. The molecule has 2 heterocycles. The Balaban J connectivity index is 0.000000392. The fourth-order valence-electron chi connectivity index (χ4n) is 2.01. The van der Waals surface area contributed by atoms with Gasteiger partial charge in [0.1, 0.15) is 0 Å². The summed E-state index contributed by atoms with van der Waals surface area (Å²) in [4.78, 5) is 15.0. The van der Waals surface area contributed by atoms with Crippen molar-refractivity contribution in [2.24, 2.45) is 0 Å². The molecule has 8 heteroatoms. The van der Waals surface area contributed by atoms with Gasteiger partial charge in [0.25, 0.3) is 0 Å². The lowest BCUT2D eigenvalue weighted by atomic mass is 10.1. The molecule has 23 heavy (non-hydrogen) atoms. The number of aromatic nitrogens is 1. The van der Waals surface area contributed by atoms with Gasteiger partial charge in [0, 0.05) is 12.2 Å². The van der Waals surface area contributed by atoms with Crippen molar-refractivity contribution in [3.63, 3.8) is 0 Å². The number of hydrogen-bond acceptors (Lipinski definition) is 7. The standard InChI is InChI=1S/C9H12N2S.C6H12N2O.H2S2/c1-3-5-7(4-2)8-6-11-9(10)12-8;9-5-8-6-1-3-7-4-2-6;1-2/h3-6H,1-2H3,(H2,10,11);5-7H,1-4H2,(H,8,9);1-2H/b5-3-,7-4+;;. The Hall–Kier alpha value is -0.960. The Kier molecular flexibility index (Phi) is 14.0. The highest BCUT2D eigenvalue weighted by Crippen LogP contribution is 2.23. The zero-order valence-corrected chi connectivity index (χ0v) is 16.1. The number of nitrogen functional groups attached to an aromatic ring is 1. The molecule has 1 aliphatic heterocycles. The third kappa shape index (κ3) is 9.70. The summed E-state index contributed by atoms with van der Waals surface area (Å²) in [6.45, 7) is 6.07. The summed E-state index contributed by atoms with van der Waals surface area (Å²) >= 11 is 7.95. The molecule has 0 radical (unpaired) electrons. The summed E-state index contributed by atoms with van der Waals surface area (Å²) in [7, 11) is 0. The Morgan fingerprint density at radius 2 is 2.09 bits per heavy atom. The average molecular weight is 375 g/mol. The van der Waals surface area contributed by atoms with Crippen molar-refractivity contribution in [3.05, 3.63) is 29.3 Å². The molecule has 1 aliphatic rings. The van der Waals surface area contributed by atoms with Crippen molar-refractivity contribution in [3.8, 4) is 0 Å². The van der Waals surface area contributed by atoms with Crippen molar-refractivity contribution in [1.82, 2.24) is 15.6 Å². The molecule has 2 rings (SSSR count). The van der Waals surface area contributed by atoms with Crippen molar-refractivity contribution < 1.29 is 4.79 Å². The van der Waals surface area contributed by atoms with Crippen LogP contribution in [0.5, 0.6) is 0 Å². The van der Waals surface area contributed by atoms with E-state index >= 15 is 0 Å². The number of carbonyl (C=O) groups is 1. The molecular weight excluding hydrogens is 348 g/mol. The van der Waals surface area contributed by atoms with Gasteiger partial charge in [0.15, 0.2) is 5.13 Å². The minimum absolute atomic E-state index is 0.420. The fourth-order valence-corrected chi connectivity index (χ4v) is 2.75. The van der Waals surface area contributed by atoms with Crippen LogP contribution in [0.2, 0.25) is 0 Å². The van der Waals surface area contributed by atoms with Crippen LogP contribution in [0.1, 0.15) is 31.6 Å². The fraction of sp³-hybridized carbons (Fsp3) is 0.467. The highest BCUT2D eigenvalue weighted by Gasteiger charge is 2.10. The van der Waals surface area contributed by atoms with Gasteiger partial charge in [-0.15, -0.1) is 23.3 Å². The van der Waals surface area contributed by atoms with Crippen molar-refractivity contribution >= 4 is 51.8 Å². The summed E-state index contributed by atoms with van der Waals surface area (Å²) in [5.74, 6) is 0. The number of piperidine rings is 1. The van der Waals surface area contributed by atoms with Crippen LogP contribution in [0.4, 0.5) is 5.13 Å². The summed E-state index contributed by atoms with van der Waals surface area (Å²) in [5, 5.41) is 6.60. The number of thiol groups is 2. The highest BCUT2D eigenvalue weighted by atomic mass is 33.1. The van der Waals surface area contributed by atoms with E-state index in [9.17, 15) is 4.79 Å². The van der Waals surface area contributed by atoms with E-state index in [1.807, 2.05) is 32.1 Å². The highest BCUT2D eigenvalue weighted by molar-refractivity contribution is 8.59. The normalized spacial score (nSPS) is 15.2. The molecule has 0 aliphatic carbocycles. The number of thiazole rings is 1. The smallest absolute Gasteiger partial charge is 0.207 e. The van der Waals surface area contributed by atoms with Crippen LogP contribution in [0.15, 0.2) is 24.4 Å². The second kappa shape index (κ2) is 14.6. The molecular formula is C15H26N4OS3. The van der Waals surface area contributed by atoms with E-state index in [2.05, 4.69) is 38.9 Å². The molecule has 1 saturated heterocycles. The Labute approximate surface area is 153 Å². The summed E-state index contributed by atoms with van der Waals surface area (Å²) in [5.41, 5.74) is 6.70. The first-order valence-electron chi connectivity index (χ1n) is 7.32. The maximum atomic E-state index is 9.94. The third-order valence-electron chi connectivity index (χ3n) is 3.11. The van der Waals surface area contributed by atoms with Gasteiger partial charge in [-0.2, -0.15) is 0 Å².